The van der Waals surface area contributed by atoms with Gasteiger partial charge in [0, 0.05) is 4.91 Å². The van der Waals surface area contributed by atoms with E-state index in [1.807, 2.05) is 6.07 Å². The zero-order valence-electron chi connectivity index (χ0n) is 5.54. The van der Waals surface area contributed by atoms with Gasteiger partial charge in [-0.2, -0.15) is 0 Å². The topological polar surface area (TPSA) is 0 Å². The number of allylic oxidation sites excluding steroid dienone is 1. The van der Waals surface area contributed by atoms with Crippen molar-refractivity contribution in [2.75, 3.05) is 0 Å². The van der Waals surface area contributed by atoms with Crippen LogP contribution in [0.4, 0.5) is 0 Å². The van der Waals surface area contributed by atoms with E-state index in [-0.39, 0.29) is 0 Å². The lowest BCUT2D eigenvalue weighted by molar-refractivity contribution is 1.31. The second-order valence-electron chi connectivity index (χ2n) is 2.45. The lowest BCUT2D eigenvalue weighted by atomic mass is 10.1. The van der Waals surface area contributed by atoms with Crippen LogP contribution in [0.5, 0.6) is 0 Å². The number of rotatable bonds is 0. The van der Waals surface area contributed by atoms with Crippen LogP contribution in [0.3, 0.4) is 0 Å². The Kier molecular flexibility index (Phi) is 1.31. The van der Waals surface area contributed by atoms with Gasteiger partial charge in [0.2, 0.25) is 0 Å². The molecule has 0 nitrogen and oxygen atoms in total. The van der Waals surface area contributed by atoms with Crippen molar-refractivity contribution < 1.29 is 0 Å². The maximum atomic E-state index is 4.33. The molecule has 0 aliphatic heterocycles. The molecular weight excluding hydrogens is 140 g/mol. The average Bonchev–Trinajstić information content (AvgIpc) is 2.34. The van der Waals surface area contributed by atoms with E-state index in [1.54, 1.807) is 0 Å². The molecule has 50 valence electrons. The third kappa shape index (κ3) is 0.781. The van der Waals surface area contributed by atoms with Crippen molar-refractivity contribution >= 4 is 17.5 Å². The molecule has 0 saturated carbocycles. The predicted octanol–water partition coefficient (Wildman–Crippen LogP) is 2.51. The summed E-state index contributed by atoms with van der Waals surface area (Å²) in [4.78, 5) is 1.12. The summed E-state index contributed by atoms with van der Waals surface area (Å²) in [5.74, 6) is 0. The van der Waals surface area contributed by atoms with Crippen molar-refractivity contribution in [2.24, 2.45) is 0 Å². The van der Waals surface area contributed by atoms with Crippen molar-refractivity contribution in [3.63, 3.8) is 0 Å². The zero-order valence-corrected chi connectivity index (χ0v) is 6.44. The molecule has 0 aromatic heterocycles. The highest BCUT2D eigenvalue weighted by atomic mass is 32.1. The number of thiol groups is 1. The van der Waals surface area contributed by atoms with Gasteiger partial charge in [0.15, 0.2) is 0 Å². The van der Waals surface area contributed by atoms with Crippen molar-refractivity contribution in [2.45, 2.75) is 6.42 Å². The molecule has 1 aliphatic carbocycles. The summed E-state index contributed by atoms with van der Waals surface area (Å²) in [5.41, 5.74) is 2.69. The first kappa shape index (κ1) is 6.05. The van der Waals surface area contributed by atoms with Crippen LogP contribution in [0.25, 0.3) is 4.91 Å². The summed E-state index contributed by atoms with van der Waals surface area (Å²) in [7, 11) is 0. The lowest BCUT2D eigenvalue weighted by Gasteiger charge is -1.96. The molecule has 0 radical (unpaired) electrons. The molecular formula is C9H8S. The van der Waals surface area contributed by atoms with E-state index in [9.17, 15) is 0 Å². The summed E-state index contributed by atoms with van der Waals surface area (Å²) in [6, 6.07) is 8.38. The fourth-order valence-corrected chi connectivity index (χ4v) is 1.57. The van der Waals surface area contributed by atoms with Crippen molar-refractivity contribution in [3.05, 3.63) is 41.5 Å². The molecule has 0 fully saturated rings. The Morgan fingerprint density at radius 3 is 2.80 bits per heavy atom. The highest BCUT2D eigenvalue weighted by Gasteiger charge is 2.08. The Bertz CT molecular complexity index is 287. The summed E-state index contributed by atoms with van der Waals surface area (Å²) in [5, 5.41) is 0. The minimum absolute atomic E-state index is 1.05. The summed E-state index contributed by atoms with van der Waals surface area (Å²) >= 11 is 4.33. The Labute approximate surface area is 66.0 Å². The molecule has 0 unspecified atom stereocenters. The fraction of sp³-hybridized carbons (Fsp3) is 0.111. The van der Waals surface area contributed by atoms with E-state index in [0.717, 1.165) is 11.3 Å². The lowest BCUT2D eigenvalue weighted by Crippen LogP contribution is -1.78. The van der Waals surface area contributed by atoms with E-state index < -0.39 is 0 Å². The minimum atomic E-state index is 1.05. The van der Waals surface area contributed by atoms with Crippen LogP contribution in [-0.4, -0.2) is 0 Å². The molecule has 0 bridgehead atoms. The van der Waals surface area contributed by atoms with Crippen LogP contribution in [0.1, 0.15) is 11.1 Å². The molecule has 0 saturated heterocycles. The molecule has 1 heteroatoms. The quantitative estimate of drug-likeness (QED) is 0.537. The monoisotopic (exact) mass is 148 g/mol. The first-order chi connectivity index (χ1) is 4.88. The average molecular weight is 148 g/mol. The molecule has 1 aliphatic rings. The van der Waals surface area contributed by atoms with E-state index >= 15 is 0 Å². The van der Waals surface area contributed by atoms with Crippen molar-refractivity contribution in [1.82, 2.24) is 0 Å². The van der Waals surface area contributed by atoms with Gasteiger partial charge in [-0.15, -0.1) is 12.6 Å². The summed E-state index contributed by atoms with van der Waals surface area (Å²) in [6.07, 6.45) is 3.20. The third-order valence-corrected chi connectivity index (χ3v) is 2.23. The van der Waals surface area contributed by atoms with Gasteiger partial charge in [-0.3, -0.25) is 0 Å². The molecule has 1 aromatic carbocycles. The molecule has 0 spiro atoms. The Balaban J connectivity index is 2.61. The molecule has 0 amide bonds. The molecule has 1 aromatic rings. The normalized spacial score (nSPS) is 14.7. The second-order valence-corrected chi connectivity index (χ2v) is 2.93. The fourth-order valence-electron chi connectivity index (χ4n) is 1.26. The zero-order chi connectivity index (χ0) is 6.97. The smallest absolute Gasteiger partial charge is 0.00788 e. The SMILES string of the molecule is SC1=CCc2ccccc21. The van der Waals surface area contributed by atoms with Gasteiger partial charge in [0.25, 0.3) is 0 Å². The third-order valence-electron chi connectivity index (χ3n) is 1.81. The van der Waals surface area contributed by atoms with Crippen LogP contribution >= 0.6 is 12.6 Å². The molecule has 10 heavy (non-hydrogen) atoms. The predicted molar refractivity (Wildman–Crippen MR) is 47.1 cm³/mol. The van der Waals surface area contributed by atoms with Crippen LogP contribution < -0.4 is 0 Å². The van der Waals surface area contributed by atoms with Gasteiger partial charge in [0.1, 0.15) is 0 Å². The molecule has 2 rings (SSSR count). The number of fused-ring (bicyclic) bond motifs is 1. The Hall–Kier alpha value is -0.690. The number of hydrogen-bond donors (Lipinski definition) is 1. The minimum Gasteiger partial charge on any atom is -0.143 e. The van der Waals surface area contributed by atoms with Gasteiger partial charge in [-0.05, 0) is 17.5 Å². The van der Waals surface area contributed by atoms with E-state index in [0.29, 0.717) is 0 Å². The van der Waals surface area contributed by atoms with E-state index in [4.69, 9.17) is 0 Å². The van der Waals surface area contributed by atoms with Crippen LogP contribution in [0.2, 0.25) is 0 Å². The van der Waals surface area contributed by atoms with E-state index in [2.05, 4.69) is 36.9 Å². The van der Waals surface area contributed by atoms with Crippen molar-refractivity contribution in [3.8, 4) is 0 Å². The van der Waals surface area contributed by atoms with Crippen LogP contribution in [0.15, 0.2) is 30.3 Å². The first-order valence-corrected chi connectivity index (χ1v) is 3.80. The van der Waals surface area contributed by atoms with Gasteiger partial charge in [-0.1, -0.05) is 30.3 Å². The van der Waals surface area contributed by atoms with Gasteiger partial charge in [0.05, 0.1) is 0 Å². The first-order valence-electron chi connectivity index (χ1n) is 3.35. The second kappa shape index (κ2) is 2.17. The highest BCUT2D eigenvalue weighted by Crippen LogP contribution is 2.28. The largest absolute Gasteiger partial charge is 0.143 e. The summed E-state index contributed by atoms with van der Waals surface area (Å²) in [6.45, 7) is 0. The van der Waals surface area contributed by atoms with Crippen LogP contribution in [-0.2, 0) is 6.42 Å². The van der Waals surface area contributed by atoms with E-state index in [1.165, 1.54) is 11.1 Å². The highest BCUT2D eigenvalue weighted by molar-refractivity contribution is 7.90. The maximum Gasteiger partial charge on any atom is 0.00788 e. The van der Waals surface area contributed by atoms with Gasteiger partial charge < -0.3 is 0 Å². The maximum absolute atomic E-state index is 4.33. The summed E-state index contributed by atoms with van der Waals surface area (Å²) < 4.78 is 0. The molecule has 0 atom stereocenters. The standard InChI is InChI=1S/C9H8S/c10-9-6-5-7-3-1-2-4-8(7)9/h1-4,6,10H,5H2. The number of hydrogen-bond acceptors (Lipinski definition) is 1. The molecule has 0 N–H and O–H groups in total. The van der Waals surface area contributed by atoms with Gasteiger partial charge in [-0.25, -0.2) is 0 Å². The number of benzene rings is 1. The Morgan fingerprint density at radius 2 is 2.00 bits per heavy atom. The van der Waals surface area contributed by atoms with Gasteiger partial charge >= 0.3 is 0 Å². The Morgan fingerprint density at radius 1 is 1.20 bits per heavy atom. The van der Waals surface area contributed by atoms with Crippen molar-refractivity contribution in [1.29, 1.82) is 0 Å². The van der Waals surface area contributed by atoms with Crippen LogP contribution in [0, 0.1) is 0 Å². The molecule has 0 heterocycles.